The molecule has 2 N–H and O–H groups in total. The maximum atomic E-state index is 6.34. The van der Waals surface area contributed by atoms with Crippen LogP contribution in [0.15, 0.2) is 42.5 Å². The smallest absolute Gasteiger partial charge is 0.0406 e. The maximum absolute atomic E-state index is 6.34. The Hall–Kier alpha value is -1.35. The quantitative estimate of drug-likeness (QED) is 0.911. The molecule has 0 bridgehead atoms. The molecule has 0 amide bonds. The Bertz CT molecular complexity index is 666. The SMILES string of the molecule is Cc1ccc(C2CC(N)CN(Cc3ccc(Cl)cc3)C2)cc1C. The van der Waals surface area contributed by atoms with Gasteiger partial charge in [0.1, 0.15) is 0 Å². The van der Waals surface area contributed by atoms with Gasteiger partial charge < -0.3 is 5.73 Å². The van der Waals surface area contributed by atoms with Crippen LogP contribution in [0.2, 0.25) is 5.02 Å². The van der Waals surface area contributed by atoms with Gasteiger partial charge in [0, 0.05) is 30.7 Å². The van der Waals surface area contributed by atoms with E-state index in [2.05, 4.69) is 49.1 Å². The third-order valence-corrected chi connectivity index (χ3v) is 5.13. The molecule has 1 heterocycles. The average Bonchev–Trinajstić information content (AvgIpc) is 2.52. The Labute approximate surface area is 144 Å². The van der Waals surface area contributed by atoms with Crippen LogP contribution in [0.5, 0.6) is 0 Å². The van der Waals surface area contributed by atoms with Gasteiger partial charge >= 0.3 is 0 Å². The molecule has 1 saturated heterocycles. The molecular weight excluding hydrogens is 304 g/mol. The van der Waals surface area contributed by atoms with Crippen LogP contribution in [-0.4, -0.2) is 24.0 Å². The van der Waals surface area contributed by atoms with E-state index in [4.69, 9.17) is 17.3 Å². The van der Waals surface area contributed by atoms with Crippen LogP contribution in [-0.2, 0) is 6.54 Å². The summed E-state index contributed by atoms with van der Waals surface area (Å²) >= 11 is 5.97. The number of benzene rings is 2. The number of piperidine rings is 1. The van der Waals surface area contributed by atoms with Crippen molar-refractivity contribution in [3.8, 4) is 0 Å². The van der Waals surface area contributed by atoms with Crippen LogP contribution in [0.3, 0.4) is 0 Å². The Morgan fingerprint density at radius 3 is 2.48 bits per heavy atom. The normalized spacial score (nSPS) is 22.3. The summed E-state index contributed by atoms with van der Waals surface area (Å²) in [4.78, 5) is 2.47. The first kappa shape index (κ1) is 16.5. The third kappa shape index (κ3) is 4.14. The van der Waals surface area contributed by atoms with Crippen LogP contribution in [0.1, 0.15) is 34.6 Å². The summed E-state index contributed by atoms with van der Waals surface area (Å²) in [7, 11) is 0. The van der Waals surface area contributed by atoms with Crippen molar-refractivity contribution in [2.75, 3.05) is 13.1 Å². The minimum atomic E-state index is 0.239. The van der Waals surface area contributed by atoms with E-state index in [0.717, 1.165) is 31.1 Å². The van der Waals surface area contributed by atoms with E-state index < -0.39 is 0 Å². The fourth-order valence-corrected chi connectivity index (χ4v) is 3.60. The topological polar surface area (TPSA) is 29.3 Å². The standard InChI is InChI=1S/C20H25ClN2/c1-14-3-6-17(9-15(14)2)18-10-20(22)13-23(12-18)11-16-4-7-19(21)8-5-16/h3-9,18,20H,10-13,22H2,1-2H3. The van der Waals surface area contributed by atoms with E-state index in [-0.39, 0.29) is 6.04 Å². The van der Waals surface area contributed by atoms with Crippen LogP contribution in [0, 0.1) is 13.8 Å². The van der Waals surface area contributed by atoms with Gasteiger partial charge in [-0.25, -0.2) is 0 Å². The molecule has 0 spiro atoms. The fourth-order valence-electron chi connectivity index (χ4n) is 3.47. The minimum absolute atomic E-state index is 0.239. The number of nitrogens with two attached hydrogens (primary N) is 1. The number of halogens is 1. The molecule has 2 unspecified atom stereocenters. The monoisotopic (exact) mass is 328 g/mol. The van der Waals surface area contributed by atoms with Gasteiger partial charge in [0.05, 0.1) is 0 Å². The first-order valence-corrected chi connectivity index (χ1v) is 8.68. The van der Waals surface area contributed by atoms with Crippen molar-refractivity contribution in [1.82, 2.24) is 4.90 Å². The second-order valence-electron chi connectivity index (χ2n) is 6.86. The van der Waals surface area contributed by atoms with Gasteiger partial charge in [-0.1, -0.05) is 41.9 Å². The number of aryl methyl sites for hydroxylation is 2. The summed E-state index contributed by atoms with van der Waals surface area (Å²) in [5, 5.41) is 0.789. The van der Waals surface area contributed by atoms with Gasteiger partial charge in [0.2, 0.25) is 0 Å². The van der Waals surface area contributed by atoms with Gasteiger partial charge in [-0.05, 0) is 60.6 Å². The molecule has 0 saturated carbocycles. The summed E-state index contributed by atoms with van der Waals surface area (Å²) in [6.45, 7) is 7.32. The average molecular weight is 329 g/mol. The summed E-state index contributed by atoms with van der Waals surface area (Å²) < 4.78 is 0. The Kier molecular flexibility index (Phi) is 5.05. The number of hydrogen-bond acceptors (Lipinski definition) is 2. The highest BCUT2D eigenvalue weighted by Crippen LogP contribution is 2.28. The predicted molar refractivity (Wildman–Crippen MR) is 98.0 cm³/mol. The van der Waals surface area contributed by atoms with E-state index >= 15 is 0 Å². The Morgan fingerprint density at radius 2 is 1.78 bits per heavy atom. The van der Waals surface area contributed by atoms with Gasteiger partial charge in [-0.15, -0.1) is 0 Å². The highest BCUT2D eigenvalue weighted by molar-refractivity contribution is 6.30. The lowest BCUT2D eigenvalue weighted by Gasteiger charge is -2.36. The Balaban J connectivity index is 1.73. The first-order chi connectivity index (χ1) is 11.0. The zero-order valence-corrected chi connectivity index (χ0v) is 14.7. The third-order valence-electron chi connectivity index (χ3n) is 4.88. The van der Waals surface area contributed by atoms with Crippen LogP contribution in [0.4, 0.5) is 0 Å². The van der Waals surface area contributed by atoms with E-state index in [1.54, 1.807) is 0 Å². The molecule has 1 aliphatic heterocycles. The van der Waals surface area contributed by atoms with Crippen molar-refractivity contribution in [2.45, 2.75) is 38.8 Å². The zero-order chi connectivity index (χ0) is 16.4. The van der Waals surface area contributed by atoms with Gasteiger partial charge in [-0.2, -0.15) is 0 Å². The van der Waals surface area contributed by atoms with Crippen molar-refractivity contribution in [3.63, 3.8) is 0 Å². The lowest BCUT2D eigenvalue weighted by molar-refractivity contribution is 0.181. The molecule has 2 nitrogen and oxygen atoms in total. The number of rotatable bonds is 3. The molecule has 3 heteroatoms. The molecule has 2 aromatic rings. The van der Waals surface area contributed by atoms with E-state index in [0.29, 0.717) is 5.92 Å². The molecule has 2 atom stereocenters. The van der Waals surface area contributed by atoms with Crippen LogP contribution < -0.4 is 5.73 Å². The minimum Gasteiger partial charge on any atom is -0.327 e. The molecule has 3 rings (SSSR count). The molecule has 2 aromatic carbocycles. The predicted octanol–water partition coefficient (Wildman–Crippen LogP) is 4.27. The molecule has 1 fully saturated rings. The molecular formula is C20H25ClN2. The van der Waals surface area contributed by atoms with Crippen LogP contribution in [0.25, 0.3) is 0 Å². The van der Waals surface area contributed by atoms with Crippen LogP contribution >= 0.6 is 11.6 Å². The second-order valence-corrected chi connectivity index (χ2v) is 7.29. The first-order valence-electron chi connectivity index (χ1n) is 8.31. The van der Waals surface area contributed by atoms with E-state index in [9.17, 15) is 0 Å². The molecule has 0 radical (unpaired) electrons. The molecule has 0 aromatic heterocycles. The second kappa shape index (κ2) is 7.04. The number of likely N-dealkylation sites (tertiary alicyclic amines) is 1. The van der Waals surface area contributed by atoms with Crippen molar-refractivity contribution < 1.29 is 0 Å². The van der Waals surface area contributed by atoms with Crippen molar-refractivity contribution in [1.29, 1.82) is 0 Å². The van der Waals surface area contributed by atoms with E-state index in [1.807, 2.05) is 12.1 Å². The molecule has 23 heavy (non-hydrogen) atoms. The molecule has 1 aliphatic rings. The molecule has 122 valence electrons. The Morgan fingerprint density at radius 1 is 1.04 bits per heavy atom. The van der Waals surface area contributed by atoms with E-state index in [1.165, 1.54) is 22.3 Å². The summed E-state index contributed by atoms with van der Waals surface area (Å²) in [6.07, 6.45) is 1.07. The fraction of sp³-hybridized carbons (Fsp3) is 0.400. The van der Waals surface area contributed by atoms with Crippen molar-refractivity contribution >= 4 is 11.6 Å². The highest BCUT2D eigenvalue weighted by Gasteiger charge is 2.26. The van der Waals surface area contributed by atoms with Gasteiger partial charge in [-0.3, -0.25) is 4.90 Å². The van der Waals surface area contributed by atoms with Crippen molar-refractivity contribution in [2.24, 2.45) is 5.73 Å². The molecule has 0 aliphatic carbocycles. The largest absolute Gasteiger partial charge is 0.327 e. The summed E-state index contributed by atoms with van der Waals surface area (Å²) in [5.74, 6) is 0.519. The summed E-state index contributed by atoms with van der Waals surface area (Å²) in [5.41, 5.74) is 11.8. The maximum Gasteiger partial charge on any atom is 0.0406 e. The summed E-state index contributed by atoms with van der Waals surface area (Å²) in [6, 6.07) is 15.2. The lowest BCUT2D eigenvalue weighted by atomic mass is 9.87. The number of hydrogen-bond donors (Lipinski definition) is 1. The zero-order valence-electron chi connectivity index (χ0n) is 13.9. The highest BCUT2D eigenvalue weighted by atomic mass is 35.5. The number of nitrogens with zero attached hydrogens (tertiary/aromatic N) is 1. The van der Waals surface area contributed by atoms with Gasteiger partial charge in [0.15, 0.2) is 0 Å². The van der Waals surface area contributed by atoms with Gasteiger partial charge in [0.25, 0.3) is 0 Å². The lowest BCUT2D eigenvalue weighted by Crippen LogP contribution is -2.45. The van der Waals surface area contributed by atoms with Crippen molar-refractivity contribution in [3.05, 3.63) is 69.7 Å².